The zero-order valence-electron chi connectivity index (χ0n) is 13.6. The van der Waals surface area contributed by atoms with E-state index in [1.165, 1.54) is 0 Å². The Kier molecular flexibility index (Phi) is 4.75. The standard InChI is InChI=1S/C15H20N4O3S2/c1-10-16-13-6-5-11(8-14(13)23-10)17-15(20)19-7-3-4-12(9-19)18-24(2,21)22/h5-6,8,12,18H,3-4,7,9H2,1-2H3,(H,17,20). The number of aromatic nitrogens is 1. The third-order valence-electron chi connectivity index (χ3n) is 3.84. The maximum Gasteiger partial charge on any atom is 0.321 e. The molecule has 1 aromatic heterocycles. The number of nitrogens with one attached hydrogen (secondary N) is 2. The number of aryl methyl sites for hydroxylation is 1. The lowest BCUT2D eigenvalue weighted by atomic mass is 10.1. The van der Waals surface area contributed by atoms with Gasteiger partial charge in [0.05, 0.1) is 21.5 Å². The number of benzene rings is 1. The van der Waals surface area contributed by atoms with Crippen molar-refractivity contribution < 1.29 is 13.2 Å². The number of carbonyl (C=O) groups is 1. The van der Waals surface area contributed by atoms with Gasteiger partial charge < -0.3 is 10.2 Å². The van der Waals surface area contributed by atoms with Crippen LogP contribution in [0.5, 0.6) is 0 Å². The van der Waals surface area contributed by atoms with Crippen molar-refractivity contribution in [1.82, 2.24) is 14.6 Å². The minimum atomic E-state index is -3.27. The van der Waals surface area contributed by atoms with Crippen LogP contribution in [0.2, 0.25) is 0 Å². The summed E-state index contributed by atoms with van der Waals surface area (Å²) in [5.74, 6) is 0. The van der Waals surface area contributed by atoms with E-state index in [2.05, 4.69) is 15.0 Å². The number of hydrogen-bond acceptors (Lipinski definition) is 5. The summed E-state index contributed by atoms with van der Waals surface area (Å²) in [7, 11) is -3.27. The number of fused-ring (bicyclic) bond motifs is 1. The lowest BCUT2D eigenvalue weighted by Crippen LogP contribution is -2.50. The van der Waals surface area contributed by atoms with Crippen LogP contribution in [0, 0.1) is 6.92 Å². The predicted octanol–water partition coefficient (Wildman–Crippen LogP) is 2.15. The minimum absolute atomic E-state index is 0.212. The highest BCUT2D eigenvalue weighted by atomic mass is 32.2. The summed E-state index contributed by atoms with van der Waals surface area (Å²) in [6, 6.07) is 5.18. The van der Waals surface area contributed by atoms with Crippen LogP contribution in [0.25, 0.3) is 10.2 Å². The van der Waals surface area contributed by atoms with E-state index >= 15 is 0 Å². The third kappa shape index (κ3) is 4.22. The summed E-state index contributed by atoms with van der Waals surface area (Å²) in [5.41, 5.74) is 1.64. The lowest BCUT2D eigenvalue weighted by Gasteiger charge is -2.32. The van der Waals surface area contributed by atoms with Crippen LogP contribution >= 0.6 is 11.3 Å². The van der Waals surface area contributed by atoms with Crippen LogP contribution in [-0.4, -0.2) is 49.7 Å². The Bertz CT molecular complexity index is 863. The van der Waals surface area contributed by atoms with E-state index in [1.54, 1.807) is 16.2 Å². The molecular formula is C15H20N4O3S2. The van der Waals surface area contributed by atoms with Crippen LogP contribution in [0.4, 0.5) is 10.5 Å². The molecular weight excluding hydrogens is 348 g/mol. The number of anilines is 1. The van der Waals surface area contributed by atoms with E-state index in [1.807, 2.05) is 25.1 Å². The van der Waals surface area contributed by atoms with Gasteiger partial charge in [0.2, 0.25) is 10.0 Å². The van der Waals surface area contributed by atoms with Crippen LogP contribution in [-0.2, 0) is 10.0 Å². The molecule has 0 bridgehead atoms. The summed E-state index contributed by atoms with van der Waals surface area (Å²) in [5, 5.41) is 3.87. The van der Waals surface area contributed by atoms with Crippen molar-refractivity contribution in [1.29, 1.82) is 0 Å². The molecule has 1 unspecified atom stereocenters. The fraction of sp³-hybridized carbons (Fsp3) is 0.467. The number of likely N-dealkylation sites (tertiary alicyclic amines) is 1. The number of hydrogen-bond donors (Lipinski definition) is 2. The molecule has 130 valence electrons. The van der Waals surface area contributed by atoms with Crippen molar-refractivity contribution in [2.45, 2.75) is 25.8 Å². The van der Waals surface area contributed by atoms with Crippen LogP contribution in [0.3, 0.4) is 0 Å². The van der Waals surface area contributed by atoms with Crippen molar-refractivity contribution in [3.8, 4) is 0 Å². The van der Waals surface area contributed by atoms with Crippen LogP contribution < -0.4 is 10.0 Å². The zero-order valence-corrected chi connectivity index (χ0v) is 15.2. The summed E-state index contributed by atoms with van der Waals surface area (Å²) in [6.45, 7) is 2.95. The van der Waals surface area contributed by atoms with Crippen molar-refractivity contribution in [2.75, 3.05) is 24.7 Å². The monoisotopic (exact) mass is 368 g/mol. The second-order valence-corrected chi connectivity index (χ2v) is 9.04. The van der Waals surface area contributed by atoms with E-state index in [0.29, 0.717) is 18.8 Å². The smallest absolute Gasteiger partial charge is 0.321 e. The SMILES string of the molecule is Cc1nc2ccc(NC(=O)N3CCCC(NS(C)(=O)=O)C3)cc2s1. The molecule has 7 nitrogen and oxygen atoms in total. The molecule has 2 aromatic rings. The second kappa shape index (κ2) is 6.66. The van der Waals surface area contributed by atoms with Gasteiger partial charge in [-0.15, -0.1) is 11.3 Å². The number of amides is 2. The molecule has 1 aliphatic rings. The van der Waals surface area contributed by atoms with Gasteiger partial charge >= 0.3 is 6.03 Å². The molecule has 3 rings (SSSR count). The van der Waals surface area contributed by atoms with Gasteiger partial charge in [0, 0.05) is 24.8 Å². The number of thiazole rings is 1. The van der Waals surface area contributed by atoms with Crippen LogP contribution in [0.1, 0.15) is 17.8 Å². The molecule has 1 fully saturated rings. The highest BCUT2D eigenvalue weighted by molar-refractivity contribution is 7.88. The number of nitrogens with zero attached hydrogens (tertiary/aromatic N) is 2. The minimum Gasteiger partial charge on any atom is -0.323 e. The van der Waals surface area contributed by atoms with Gasteiger partial charge in [0.25, 0.3) is 0 Å². The van der Waals surface area contributed by atoms with Gasteiger partial charge in [0.15, 0.2) is 0 Å². The van der Waals surface area contributed by atoms with E-state index in [4.69, 9.17) is 0 Å². The van der Waals surface area contributed by atoms with Gasteiger partial charge in [0.1, 0.15) is 0 Å². The highest BCUT2D eigenvalue weighted by Gasteiger charge is 2.25. The molecule has 0 saturated carbocycles. The summed E-state index contributed by atoms with van der Waals surface area (Å²) < 4.78 is 26.3. The maximum absolute atomic E-state index is 12.4. The molecule has 0 aliphatic carbocycles. The van der Waals surface area contributed by atoms with Gasteiger partial charge in [-0.2, -0.15) is 0 Å². The Labute approximate surface area is 145 Å². The van der Waals surface area contributed by atoms with Gasteiger partial charge in [-0.3, -0.25) is 0 Å². The molecule has 2 N–H and O–H groups in total. The Morgan fingerprint density at radius 1 is 1.42 bits per heavy atom. The molecule has 1 aromatic carbocycles. The van der Waals surface area contributed by atoms with E-state index < -0.39 is 10.0 Å². The molecule has 2 heterocycles. The largest absolute Gasteiger partial charge is 0.323 e. The number of rotatable bonds is 3. The molecule has 0 radical (unpaired) electrons. The van der Waals surface area contributed by atoms with Crippen molar-refractivity contribution in [2.24, 2.45) is 0 Å². The quantitative estimate of drug-likeness (QED) is 0.868. The van der Waals surface area contributed by atoms with Crippen molar-refractivity contribution in [3.05, 3.63) is 23.2 Å². The molecule has 9 heteroatoms. The first-order valence-corrected chi connectivity index (χ1v) is 10.4. The normalized spacial score (nSPS) is 18.8. The molecule has 1 aliphatic heterocycles. The number of sulfonamides is 1. The third-order valence-corrected chi connectivity index (χ3v) is 5.53. The zero-order chi connectivity index (χ0) is 17.3. The highest BCUT2D eigenvalue weighted by Crippen LogP contribution is 2.25. The second-order valence-electron chi connectivity index (χ2n) is 6.02. The van der Waals surface area contributed by atoms with Crippen molar-refractivity contribution in [3.63, 3.8) is 0 Å². The number of urea groups is 1. The molecule has 1 atom stereocenters. The van der Waals surface area contributed by atoms with Gasteiger partial charge in [-0.1, -0.05) is 0 Å². The maximum atomic E-state index is 12.4. The first kappa shape index (κ1) is 17.1. The lowest BCUT2D eigenvalue weighted by molar-refractivity contribution is 0.190. The first-order chi connectivity index (χ1) is 11.3. The Balaban J connectivity index is 1.66. The topological polar surface area (TPSA) is 91.4 Å². The van der Waals surface area contributed by atoms with E-state index in [0.717, 1.165) is 34.3 Å². The number of carbonyl (C=O) groups excluding carboxylic acids is 1. The molecule has 1 saturated heterocycles. The Hall–Kier alpha value is -1.71. The average Bonchev–Trinajstić information content (AvgIpc) is 2.85. The van der Waals surface area contributed by atoms with Crippen molar-refractivity contribution >= 4 is 43.3 Å². The molecule has 24 heavy (non-hydrogen) atoms. The summed E-state index contributed by atoms with van der Waals surface area (Å²) >= 11 is 1.58. The molecule has 2 amide bonds. The predicted molar refractivity (Wildman–Crippen MR) is 96.0 cm³/mol. The summed E-state index contributed by atoms with van der Waals surface area (Å²) in [6.07, 6.45) is 2.65. The van der Waals surface area contributed by atoms with E-state index in [9.17, 15) is 13.2 Å². The Morgan fingerprint density at radius 2 is 2.21 bits per heavy atom. The first-order valence-electron chi connectivity index (χ1n) is 7.70. The number of piperidine rings is 1. The Morgan fingerprint density at radius 3 is 2.96 bits per heavy atom. The van der Waals surface area contributed by atoms with Crippen LogP contribution in [0.15, 0.2) is 18.2 Å². The van der Waals surface area contributed by atoms with E-state index in [-0.39, 0.29) is 12.1 Å². The fourth-order valence-corrected chi connectivity index (χ4v) is 4.54. The average molecular weight is 368 g/mol. The molecule has 0 spiro atoms. The fourth-order valence-electron chi connectivity index (χ4n) is 2.88. The van der Waals surface area contributed by atoms with Gasteiger partial charge in [-0.25, -0.2) is 22.9 Å². The van der Waals surface area contributed by atoms with Gasteiger partial charge in [-0.05, 0) is 38.0 Å². The summed E-state index contributed by atoms with van der Waals surface area (Å²) in [4.78, 5) is 18.5.